The van der Waals surface area contributed by atoms with Crippen molar-refractivity contribution in [3.63, 3.8) is 0 Å². The van der Waals surface area contributed by atoms with Gasteiger partial charge < -0.3 is 4.74 Å². The number of benzene rings is 1. The van der Waals surface area contributed by atoms with E-state index in [4.69, 9.17) is 11.6 Å². The molecule has 1 aromatic carbocycles. The Bertz CT molecular complexity index is 360. The van der Waals surface area contributed by atoms with Crippen molar-refractivity contribution in [1.29, 1.82) is 0 Å². The summed E-state index contributed by atoms with van der Waals surface area (Å²) in [6, 6.07) is 6.71. The molecular weight excluding hydrogens is 204 g/mol. The lowest BCUT2D eigenvalue weighted by atomic mass is 10.1. The first kappa shape index (κ1) is 10.7. The molecule has 4 heteroatoms. The summed E-state index contributed by atoms with van der Waals surface area (Å²) in [4.78, 5) is 21.9. The molecule has 1 aromatic rings. The van der Waals surface area contributed by atoms with E-state index >= 15 is 0 Å². The summed E-state index contributed by atoms with van der Waals surface area (Å²) in [7, 11) is 1.29. The third-order valence-corrected chi connectivity index (χ3v) is 1.89. The molecule has 74 valence electrons. The van der Waals surface area contributed by atoms with Gasteiger partial charge in [-0.3, -0.25) is 4.79 Å². The van der Waals surface area contributed by atoms with Crippen LogP contribution in [0.3, 0.4) is 0 Å². The van der Waals surface area contributed by atoms with Crippen LogP contribution in [0.2, 0.25) is 0 Å². The van der Waals surface area contributed by atoms with E-state index in [2.05, 4.69) is 4.74 Å². The maximum atomic E-state index is 11.2. The van der Waals surface area contributed by atoms with Crippen LogP contribution in [0.5, 0.6) is 0 Å². The predicted octanol–water partition coefficient (Wildman–Crippen LogP) is 1.78. The predicted molar refractivity (Wildman–Crippen MR) is 52.3 cm³/mol. The van der Waals surface area contributed by atoms with Gasteiger partial charge in [0, 0.05) is 6.42 Å². The van der Waals surface area contributed by atoms with E-state index in [0.29, 0.717) is 11.1 Å². The summed E-state index contributed by atoms with van der Waals surface area (Å²) >= 11 is 5.24. The van der Waals surface area contributed by atoms with E-state index in [1.807, 2.05) is 0 Å². The summed E-state index contributed by atoms with van der Waals surface area (Å²) in [5.74, 6) is -0.460. The van der Waals surface area contributed by atoms with Crippen LogP contribution in [0.4, 0.5) is 0 Å². The molecule has 0 unspecified atom stereocenters. The van der Waals surface area contributed by atoms with Crippen molar-refractivity contribution >= 4 is 22.8 Å². The van der Waals surface area contributed by atoms with Crippen LogP contribution in [0.1, 0.15) is 15.9 Å². The zero-order valence-electron chi connectivity index (χ0n) is 7.62. The molecule has 1 rings (SSSR count). The minimum absolute atomic E-state index is 0.0346. The van der Waals surface area contributed by atoms with Crippen LogP contribution in [-0.4, -0.2) is 18.3 Å². The number of carbonyl (C=O) groups excluding carboxylic acids is 2. The zero-order chi connectivity index (χ0) is 10.6. The molecule has 0 saturated carbocycles. The zero-order valence-corrected chi connectivity index (χ0v) is 8.38. The average molecular weight is 213 g/mol. The highest BCUT2D eigenvalue weighted by Gasteiger charge is 2.12. The third kappa shape index (κ3) is 2.57. The fourth-order valence-corrected chi connectivity index (χ4v) is 1.28. The summed E-state index contributed by atoms with van der Waals surface area (Å²) in [6.07, 6.45) is 0.0346. The maximum Gasteiger partial charge on any atom is 0.338 e. The van der Waals surface area contributed by atoms with Gasteiger partial charge in [-0.15, -0.1) is 0 Å². The number of carbonyl (C=O) groups is 2. The number of hydrogen-bond acceptors (Lipinski definition) is 3. The van der Waals surface area contributed by atoms with Gasteiger partial charge in [-0.05, 0) is 23.2 Å². The molecule has 0 aromatic heterocycles. The van der Waals surface area contributed by atoms with Gasteiger partial charge in [-0.2, -0.15) is 0 Å². The SMILES string of the molecule is COC(=O)c1ccccc1CC(=O)Cl. The van der Waals surface area contributed by atoms with Crippen molar-refractivity contribution in [2.45, 2.75) is 6.42 Å². The Balaban J connectivity index is 3.02. The molecule has 0 saturated heterocycles. The first-order valence-corrected chi connectivity index (χ1v) is 4.37. The Morgan fingerprint density at radius 3 is 2.57 bits per heavy atom. The molecule has 0 atom stereocenters. The fourth-order valence-electron chi connectivity index (χ4n) is 1.13. The van der Waals surface area contributed by atoms with Crippen molar-refractivity contribution in [1.82, 2.24) is 0 Å². The molecule has 14 heavy (non-hydrogen) atoms. The molecule has 0 heterocycles. The Morgan fingerprint density at radius 1 is 1.36 bits per heavy atom. The van der Waals surface area contributed by atoms with Crippen LogP contribution in [0.25, 0.3) is 0 Å². The molecule has 3 nitrogen and oxygen atoms in total. The van der Waals surface area contributed by atoms with Gasteiger partial charge in [-0.25, -0.2) is 4.79 Å². The Hall–Kier alpha value is -1.35. The van der Waals surface area contributed by atoms with Gasteiger partial charge in [0.15, 0.2) is 0 Å². The molecule has 0 aliphatic heterocycles. The van der Waals surface area contributed by atoms with Crippen LogP contribution in [-0.2, 0) is 16.0 Å². The van der Waals surface area contributed by atoms with E-state index in [-0.39, 0.29) is 6.42 Å². The maximum absolute atomic E-state index is 11.2. The van der Waals surface area contributed by atoms with Gasteiger partial charge in [0.1, 0.15) is 0 Å². The van der Waals surface area contributed by atoms with Crippen LogP contribution in [0.15, 0.2) is 24.3 Å². The standard InChI is InChI=1S/C10H9ClO3/c1-14-10(13)8-5-3-2-4-7(8)6-9(11)12/h2-5H,6H2,1H3. The van der Waals surface area contributed by atoms with E-state index in [1.54, 1.807) is 24.3 Å². The molecule has 0 aliphatic carbocycles. The van der Waals surface area contributed by atoms with Crippen molar-refractivity contribution in [2.24, 2.45) is 0 Å². The summed E-state index contributed by atoms with van der Waals surface area (Å²) in [5, 5.41) is -0.499. The van der Waals surface area contributed by atoms with E-state index in [1.165, 1.54) is 7.11 Å². The van der Waals surface area contributed by atoms with Gasteiger partial charge in [0.2, 0.25) is 5.24 Å². The Kier molecular flexibility index (Phi) is 3.65. The van der Waals surface area contributed by atoms with E-state index < -0.39 is 11.2 Å². The fraction of sp³-hybridized carbons (Fsp3) is 0.200. The second kappa shape index (κ2) is 4.77. The van der Waals surface area contributed by atoms with E-state index in [0.717, 1.165) is 0 Å². The summed E-state index contributed by atoms with van der Waals surface area (Å²) in [6.45, 7) is 0. The topological polar surface area (TPSA) is 43.4 Å². The number of ether oxygens (including phenoxy) is 1. The lowest BCUT2D eigenvalue weighted by molar-refractivity contribution is -0.111. The first-order valence-electron chi connectivity index (χ1n) is 3.99. The van der Waals surface area contributed by atoms with Crippen LogP contribution >= 0.6 is 11.6 Å². The molecule has 0 radical (unpaired) electrons. The number of hydrogen-bond donors (Lipinski definition) is 0. The Labute approximate surface area is 86.6 Å². The molecule has 0 N–H and O–H groups in total. The highest BCUT2D eigenvalue weighted by Crippen LogP contribution is 2.11. The third-order valence-electron chi connectivity index (χ3n) is 1.75. The van der Waals surface area contributed by atoms with Crippen molar-refractivity contribution < 1.29 is 14.3 Å². The molecule has 0 amide bonds. The van der Waals surface area contributed by atoms with Gasteiger partial charge in [0.25, 0.3) is 0 Å². The average Bonchev–Trinajstić information content (AvgIpc) is 2.16. The highest BCUT2D eigenvalue weighted by molar-refractivity contribution is 6.63. The summed E-state index contributed by atoms with van der Waals surface area (Å²) in [5.41, 5.74) is 0.961. The molecule has 0 spiro atoms. The number of halogens is 1. The first-order chi connectivity index (χ1) is 6.65. The normalized spacial score (nSPS) is 9.57. The lowest BCUT2D eigenvalue weighted by Gasteiger charge is -2.04. The number of esters is 1. The second-order valence-corrected chi connectivity index (χ2v) is 3.10. The van der Waals surface area contributed by atoms with Gasteiger partial charge >= 0.3 is 5.97 Å². The van der Waals surface area contributed by atoms with Crippen molar-refractivity contribution in [3.05, 3.63) is 35.4 Å². The van der Waals surface area contributed by atoms with E-state index in [9.17, 15) is 9.59 Å². The number of methoxy groups -OCH3 is 1. The van der Waals surface area contributed by atoms with Crippen LogP contribution in [0, 0.1) is 0 Å². The molecule has 0 fully saturated rings. The second-order valence-electron chi connectivity index (χ2n) is 2.68. The number of rotatable bonds is 3. The highest BCUT2D eigenvalue weighted by atomic mass is 35.5. The van der Waals surface area contributed by atoms with Gasteiger partial charge in [-0.1, -0.05) is 18.2 Å². The molecule has 0 aliphatic rings. The smallest absolute Gasteiger partial charge is 0.338 e. The minimum Gasteiger partial charge on any atom is -0.465 e. The molecular formula is C10H9ClO3. The van der Waals surface area contributed by atoms with Crippen molar-refractivity contribution in [3.8, 4) is 0 Å². The lowest BCUT2D eigenvalue weighted by Crippen LogP contribution is -2.07. The monoisotopic (exact) mass is 212 g/mol. The molecule has 0 bridgehead atoms. The Morgan fingerprint density at radius 2 is 2.00 bits per heavy atom. The van der Waals surface area contributed by atoms with Crippen LogP contribution < -0.4 is 0 Å². The quantitative estimate of drug-likeness (QED) is 0.567. The summed E-state index contributed by atoms with van der Waals surface area (Å²) < 4.78 is 4.57. The minimum atomic E-state index is -0.499. The van der Waals surface area contributed by atoms with Crippen molar-refractivity contribution in [2.75, 3.05) is 7.11 Å². The largest absolute Gasteiger partial charge is 0.465 e. The van der Waals surface area contributed by atoms with Gasteiger partial charge in [0.05, 0.1) is 12.7 Å².